The van der Waals surface area contributed by atoms with Crippen LogP contribution in [0.4, 0.5) is 0 Å². The normalized spacial score (nSPS) is 18.1. The number of benzene rings is 1. The molecule has 142 valence electrons. The van der Waals surface area contributed by atoms with Gasteiger partial charge in [-0.25, -0.2) is 4.79 Å². The highest BCUT2D eigenvalue weighted by Crippen LogP contribution is 2.21. The number of methoxy groups -OCH3 is 1. The lowest BCUT2D eigenvalue weighted by Crippen LogP contribution is -2.47. The number of likely N-dealkylation sites (tertiary alicyclic amines) is 1. The molecule has 0 radical (unpaired) electrons. The average molecular weight is 362 g/mol. The van der Waals surface area contributed by atoms with Crippen molar-refractivity contribution in [1.82, 2.24) is 10.2 Å². The Balaban J connectivity index is 2.04. The van der Waals surface area contributed by atoms with Crippen LogP contribution in [0.15, 0.2) is 24.3 Å². The number of carbonyl (C=O) groups excluding carboxylic acids is 2. The summed E-state index contributed by atoms with van der Waals surface area (Å²) in [5.41, 5.74) is 0.473. The molecule has 7 heteroatoms. The predicted octanol–water partition coefficient (Wildman–Crippen LogP) is 1.98. The van der Waals surface area contributed by atoms with Crippen molar-refractivity contribution >= 4 is 17.8 Å². The first-order chi connectivity index (χ1) is 12.5. The molecule has 0 aromatic heterocycles. The largest absolute Gasteiger partial charge is 0.497 e. The van der Waals surface area contributed by atoms with Crippen LogP contribution < -0.4 is 10.1 Å². The Bertz CT molecular complexity index is 644. The molecule has 7 nitrogen and oxygen atoms in total. The molecule has 1 fully saturated rings. The molecule has 1 aromatic rings. The number of rotatable bonds is 7. The number of carboxylic acids is 1. The summed E-state index contributed by atoms with van der Waals surface area (Å²) in [6.45, 7) is 2.95. The number of hydrogen-bond acceptors (Lipinski definition) is 4. The average Bonchev–Trinajstić information content (AvgIpc) is 2.66. The van der Waals surface area contributed by atoms with E-state index in [0.29, 0.717) is 37.2 Å². The van der Waals surface area contributed by atoms with Gasteiger partial charge < -0.3 is 20.1 Å². The summed E-state index contributed by atoms with van der Waals surface area (Å²) in [5.74, 6) is -1.18. The SMILES string of the molecule is CCCC(=O)N1CCCC(C(=O)NC(C(=O)O)c2ccc(OC)cc2)C1. The van der Waals surface area contributed by atoms with Gasteiger partial charge in [0, 0.05) is 19.5 Å². The lowest BCUT2D eigenvalue weighted by molar-refractivity contribution is -0.144. The molecule has 1 heterocycles. The summed E-state index contributed by atoms with van der Waals surface area (Å²) in [4.78, 5) is 38.0. The zero-order valence-corrected chi connectivity index (χ0v) is 15.2. The molecule has 2 atom stereocenters. The fraction of sp³-hybridized carbons (Fsp3) is 0.526. The maximum atomic E-state index is 12.6. The maximum Gasteiger partial charge on any atom is 0.330 e. The van der Waals surface area contributed by atoms with Gasteiger partial charge in [0.15, 0.2) is 6.04 Å². The van der Waals surface area contributed by atoms with Gasteiger partial charge in [-0.05, 0) is 37.0 Å². The van der Waals surface area contributed by atoms with Crippen LogP contribution in [0.25, 0.3) is 0 Å². The van der Waals surface area contributed by atoms with Crippen LogP contribution >= 0.6 is 0 Å². The van der Waals surface area contributed by atoms with Crippen LogP contribution in [0.2, 0.25) is 0 Å². The highest BCUT2D eigenvalue weighted by molar-refractivity contribution is 5.86. The van der Waals surface area contributed by atoms with Gasteiger partial charge in [0.2, 0.25) is 11.8 Å². The Kier molecular flexibility index (Phi) is 7.00. The molecule has 0 saturated carbocycles. The first-order valence-corrected chi connectivity index (χ1v) is 8.91. The van der Waals surface area contributed by atoms with E-state index in [1.54, 1.807) is 29.2 Å². The van der Waals surface area contributed by atoms with E-state index in [1.165, 1.54) is 7.11 Å². The first kappa shape index (κ1) is 19.8. The van der Waals surface area contributed by atoms with Crippen molar-refractivity contribution in [2.45, 2.75) is 38.6 Å². The Morgan fingerprint density at radius 3 is 2.58 bits per heavy atom. The zero-order valence-electron chi connectivity index (χ0n) is 15.2. The molecule has 2 rings (SSSR count). The van der Waals surface area contributed by atoms with Gasteiger partial charge in [-0.3, -0.25) is 9.59 Å². The van der Waals surface area contributed by atoms with Crippen molar-refractivity contribution in [2.24, 2.45) is 5.92 Å². The number of amides is 2. The lowest BCUT2D eigenvalue weighted by atomic mass is 9.95. The van der Waals surface area contributed by atoms with Crippen LogP contribution in [0.3, 0.4) is 0 Å². The van der Waals surface area contributed by atoms with Gasteiger partial charge in [0.25, 0.3) is 0 Å². The fourth-order valence-corrected chi connectivity index (χ4v) is 3.13. The third-order valence-corrected chi connectivity index (χ3v) is 4.59. The molecule has 0 aliphatic carbocycles. The maximum absolute atomic E-state index is 12.6. The minimum atomic E-state index is -1.13. The van der Waals surface area contributed by atoms with Crippen LogP contribution in [0.1, 0.15) is 44.2 Å². The lowest BCUT2D eigenvalue weighted by Gasteiger charge is -2.32. The molecule has 2 unspecified atom stereocenters. The Morgan fingerprint density at radius 1 is 1.31 bits per heavy atom. The third-order valence-electron chi connectivity index (χ3n) is 4.59. The minimum Gasteiger partial charge on any atom is -0.497 e. The summed E-state index contributed by atoms with van der Waals surface area (Å²) in [7, 11) is 1.53. The third kappa shape index (κ3) is 4.97. The molecular weight excluding hydrogens is 336 g/mol. The second-order valence-electron chi connectivity index (χ2n) is 6.48. The highest BCUT2D eigenvalue weighted by Gasteiger charge is 2.31. The number of carboxylic acid groups (broad SMARTS) is 1. The van der Waals surface area contributed by atoms with Crippen molar-refractivity contribution in [3.63, 3.8) is 0 Å². The van der Waals surface area contributed by atoms with Gasteiger partial charge in [0.1, 0.15) is 5.75 Å². The number of nitrogens with one attached hydrogen (secondary N) is 1. The smallest absolute Gasteiger partial charge is 0.330 e. The van der Waals surface area contributed by atoms with Crippen LogP contribution in [0.5, 0.6) is 5.75 Å². The van der Waals surface area contributed by atoms with Crippen molar-refractivity contribution in [1.29, 1.82) is 0 Å². The van der Waals surface area contributed by atoms with Crippen LogP contribution in [0, 0.1) is 5.92 Å². The molecule has 2 N–H and O–H groups in total. The van der Waals surface area contributed by atoms with E-state index in [-0.39, 0.29) is 17.7 Å². The van der Waals surface area contributed by atoms with E-state index in [9.17, 15) is 19.5 Å². The minimum absolute atomic E-state index is 0.0509. The summed E-state index contributed by atoms with van der Waals surface area (Å²) in [5, 5.41) is 12.1. The van der Waals surface area contributed by atoms with Crippen molar-refractivity contribution in [3.05, 3.63) is 29.8 Å². The highest BCUT2D eigenvalue weighted by atomic mass is 16.5. The Labute approximate surface area is 153 Å². The molecular formula is C19H26N2O5. The zero-order chi connectivity index (χ0) is 19.1. The summed E-state index contributed by atoms with van der Waals surface area (Å²) in [6, 6.07) is 5.42. The number of aliphatic carboxylic acids is 1. The molecule has 1 aliphatic rings. The van der Waals surface area contributed by atoms with E-state index in [1.807, 2.05) is 6.92 Å². The monoisotopic (exact) mass is 362 g/mol. The van der Waals surface area contributed by atoms with E-state index < -0.39 is 12.0 Å². The van der Waals surface area contributed by atoms with E-state index in [4.69, 9.17) is 4.74 Å². The van der Waals surface area contributed by atoms with E-state index in [0.717, 1.165) is 12.8 Å². The topological polar surface area (TPSA) is 95.9 Å². The molecule has 0 bridgehead atoms. The van der Waals surface area contributed by atoms with E-state index in [2.05, 4.69) is 5.32 Å². The quantitative estimate of drug-likeness (QED) is 0.773. The summed E-state index contributed by atoms with van der Waals surface area (Å²) >= 11 is 0. The number of piperidine rings is 1. The van der Waals surface area contributed by atoms with Crippen molar-refractivity contribution < 1.29 is 24.2 Å². The molecule has 0 spiro atoms. The first-order valence-electron chi connectivity index (χ1n) is 8.91. The van der Waals surface area contributed by atoms with Crippen LogP contribution in [-0.2, 0) is 14.4 Å². The van der Waals surface area contributed by atoms with Crippen molar-refractivity contribution in [2.75, 3.05) is 20.2 Å². The fourth-order valence-electron chi connectivity index (χ4n) is 3.13. The van der Waals surface area contributed by atoms with Gasteiger partial charge in [0.05, 0.1) is 13.0 Å². The number of ether oxygens (including phenoxy) is 1. The van der Waals surface area contributed by atoms with Crippen LogP contribution in [-0.4, -0.2) is 48.0 Å². The predicted molar refractivity (Wildman–Crippen MR) is 95.7 cm³/mol. The second-order valence-corrected chi connectivity index (χ2v) is 6.48. The number of hydrogen-bond donors (Lipinski definition) is 2. The van der Waals surface area contributed by atoms with E-state index >= 15 is 0 Å². The molecule has 1 aliphatic heterocycles. The van der Waals surface area contributed by atoms with Gasteiger partial charge in [-0.15, -0.1) is 0 Å². The molecule has 26 heavy (non-hydrogen) atoms. The molecule has 2 amide bonds. The summed E-state index contributed by atoms with van der Waals surface area (Å²) in [6.07, 6.45) is 2.63. The van der Waals surface area contributed by atoms with Crippen molar-refractivity contribution in [3.8, 4) is 5.75 Å². The Hall–Kier alpha value is -2.57. The Morgan fingerprint density at radius 2 is 2.00 bits per heavy atom. The number of carbonyl (C=O) groups is 3. The molecule has 1 saturated heterocycles. The standard InChI is InChI=1S/C19H26N2O5/c1-3-5-16(22)21-11-4-6-14(12-21)18(23)20-17(19(24)25)13-7-9-15(26-2)10-8-13/h7-10,14,17H,3-6,11-12H2,1-2H3,(H,20,23)(H,24,25). The van der Waals surface area contributed by atoms with Gasteiger partial charge in [-0.2, -0.15) is 0 Å². The summed E-state index contributed by atoms with van der Waals surface area (Å²) < 4.78 is 5.07. The molecule has 1 aromatic carbocycles. The number of nitrogens with zero attached hydrogens (tertiary/aromatic N) is 1. The van der Waals surface area contributed by atoms with Gasteiger partial charge in [-0.1, -0.05) is 19.1 Å². The second kappa shape index (κ2) is 9.22. The van der Waals surface area contributed by atoms with Gasteiger partial charge >= 0.3 is 5.97 Å².